The Morgan fingerprint density at radius 3 is 2.33 bits per heavy atom. The van der Waals surface area contributed by atoms with Gasteiger partial charge >= 0.3 is 5.97 Å². The van der Waals surface area contributed by atoms with Crippen LogP contribution >= 0.6 is 0 Å². The van der Waals surface area contributed by atoms with Crippen LogP contribution in [0.2, 0.25) is 0 Å². The topological polar surface area (TPSA) is 149 Å². The number of nitrogens with one attached hydrogen (secondary N) is 1. The number of aromatic hydroxyl groups is 1. The number of phenolic OH excluding ortho intramolecular Hbond substituents is 1. The Morgan fingerprint density at radius 2 is 1.61 bits per heavy atom. The predicted molar refractivity (Wildman–Crippen MR) is 184 cm³/mol. The highest BCUT2D eigenvalue weighted by Crippen LogP contribution is 2.39. The standard InChI is InChI=1S/C39H44N2O8/c1-41(24-35(44)32-7-3-8-33(43)20-32)23-34-21-36(29-13-11-26(25-42)12-14-29)49-39(48-34)30-17-15-28(16-18-30)31-6-2-5-27(19-31)22-40-37(45)9-4-10-38(46)47/h2-3,5-8,11-20,34-36,39,42-44H,4,9-10,21-25H2,1H3,(H,40,45)(H,46,47)/t34-,35+,36+,39+/m0/s1. The summed E-state index contributed by atoms with van der Waals surface area (Å²) in [6.45, 7) is 1.21. The third kappa shape index (κ3) is 10.5. The first-order valence-corrected chi connectivity index (χ1v) is 16.5. The molecule has 0 radical (unpaired) electrons. The second kappa shape index (κ2) is 17.2. The molecule has 0 unspecified atom stereocenters. The molecule has 4 aromatic rings. The van der Waals surface area contributed by atoms with Crippen molar-refractivity contribution in [1.82, 2.24) is 10.2 Å². The van der Waals surface area contributed by atoms with Gasteiger partial charge in [-0.15, -0.1) is 0 Å². The number of carbonyl (C=O) groups excluding carboxylic acids is 1. The zero-order chi connectivity index (χ0) is 34.8. The van der Waals surface area contributed by atoms with Crippen molar-refractivity contribution in [2.75, 3.05) is 20.1 Å². The molecular formula is C39H44N2O8. The third-order valence-corrected chi connectivity index (χ3v) is 8.60. The molecule has 1 saturated heterocycles. The number of carboxylic acids is 1. The highest BCUT2D eigenvalue weighted by molar-refractivity contribution is 5.76. The molecule has 5 N–H and O–H groups in total. The smallest absolute Gasteiger partial charge is 0.303 e. The fourth-order valence-corrected chi connectivity index (χ4v) is 5.97. The third-order valence-electron chi connectivity index (χ3n) is 8.60. The number of aliphatic carboxylic acids is 1. The minimum absolute atomic E-state index is 0.0302. The van der Waals surface area contributed by atoms with Crippen LogP contribution in [-0.4, -0.2) is 63.4 Å². The summed E-state index contributed by atoms with van der Waals surface area (Å²) < 4.78 is 13.0. The van der Waals surface area contributed by atoms with E-state index in [1.54, 1.807) is 24.3 Å². The first kappa shape index (κ1) is 35.7. The van der Waals surface area contributed by atoms with Crippen LogP contribution in [0.1, 0.15) is 72.0 Å². The number of benzene rings is 4. The van der Waals surface area contributed by atoms with E-state index >= 15 is 0 Å². The number of amides is 1. The van der Waals surface area contributed by atoms with E-state index < -0.39 is 18.4 Å². The molecule has 0 bridgehead atoms. The summed E-state index contributed by atoms with van der Waals surface area (Å²) in [4.78, 5) is 24.8. The summed E-state index contributed by atoms with van der Waals surface area (Å²) in [7, 11) is 1.93. The molecule has 4 aromatic carbocycles. The zero-order valence-corrected chi connectivity index (χ0v) is 27.6. The molecule has 4 atom stereocenters. The maximum atomic E-state index is 12.1. The summed E-state index contributed by atoms with van der Waals surface area (Å²) in [5.74, 6) is -0.977. The number of carboxylic acid groups (broad SMARTS) is 1. The van der Waals surface area contributed by atoms with E-state index in [0.717, 1.165) is 33.4 Å². The fraction of sp³-hybridized carbons (Fsp3) is 0.333. The van der Waals surface area contributed by atoms with Crippen molar-refractivity contribution in [3.8, 4) is 16.9 Å². The van der Waals surface area contributed by atoms with E-state index in [4.69, 9.17) is 14.6 Å². The van der Waals surface area contributed by atoms with Crippen LogP contribution in [0, 0.1) is 0 Å². The number of hydrogen-bond acceptors (Lipinski definition) is 8. The zero-order valence-electron chi connectivity index (χ0n) is 27.6. The van der Waals surface area contributed by atoms with Crippen LogP contribution in [0.3, 0.4) is 0 Å². The Kier molecular flexibility index (Phi) is 12.5. The van der Waals surface area contributed by atoms with Crippen molar-refractivity contribution in [2.24, 2.45) is 0 Å². The van der Waals surface area contributed by atoms with Gasteiger partial charge in [-0.2, -0.15) is 0 Å². The SMILES string of the molecule is CN(C[C@@H]1C[C@H](c2ccc(CO)cc2)O[C@H](c2ccc(-c3cccc(CNC(=O)CCCC(=O)O)c3)cc2)O1)C[C@@H](O)c1cccc(O)c1. The summed E-state index contributed by atoms with van der Waals surface area (Å²) >= 11 is 0. The number of hydrogen-bond donors (Lipinski definition) is 5. The van der Waals surface area contributed by atoms with Gasteiger partial charge < -0.3 is 40.1 Å². The van der Waals surface area contributed by atoms with Crippen LogP contribution in [0.15, 0.2) is 97.1 Å². The largest absolute Gasteiger partial charge is 0.508 e. The van der Waals surface area contributed by atoms with Crippen LogP contribution in [0.5, 0.6) is 5.75 Å². The first-order chi connectivity index (χ1) is 23.7. The van der Waals surface area contributed by atoms with Crippen molar-refractivity contribution in [2.45, 2.75) is 63.4 Å². The molecule has 10 heteroatoms. The molecule has 10 nitrogen and oxygen atoms in total. The lowest BCUT2D eigenvalue weighted by molar-refractivity contribution is -0.252. The molecule has 49 heavy (non-hydrogen) atoms. The van der Waals surface area contributed by atoms with Gasteiger partial charge in [-0.25, -0.2) is 0 Å². The number of carbonyl (C=O) groups is 2. The molecule has 0 spiro atoms. The van der Waals surface area contributed by atoms with E-state index in [0.29, 0.717) is 38.0 Å². The van der Waals surface area contributed by atoms with E-state index in [9.17, 15) is 24.9 Å². The molecule has 5 rings (SSSR count). The lowest BCUT2D eigenvalue weighted by Crippen LogP contribution is -2.39. The van der Waals surface area contributed by atoms with Crippen LogP contribution < -0.4 is 5.32 Å². The van der Waals surface area contributed by atoms with Gasteiger partial charge in [0.2, 0.25) is 5.91 Å². The molecule has 0 aliphatic carbocycles. The van der Waals surface area contributed by atoms with Crippen LogP contribution in [0.25, 0.3) is 11.1 Å². The number of ether oxygens (including phenoxy) is 2. The van der Waals surface area contributed by atoms with Gasteiger partial charge in [0.1, 0.15) is 5.75 Å². The van der Waals surface area contributed by atoms with E-state index in [1.807, 2.05) is 84.7 Å². The van der Waals surface area contributed by atoms with Crippen molar-refractivity contribution in [3.63, 3.8) is 0 Å². The van der Waals surface area contributed by atoms with Crippen molar-refractivity contribution in [3.05, 3.63) is 125 Å². The van der Waals surface area contributed by atoms with Gasteiger partial charge in [-0.1, -0.05) is 78.9 Å². The van der Waals surface area contributed by atoms with Gasteiger partial charge in [0, 0.05) is 44.5 Å². The summed E-state index contributed by atoms with van der Waals surface area (Å²) in [6.07, 6.45) is -0.830. The summed E-state index contributed by atoms with van der Waals surface area (Å²) in [6, 6.07) is 30.3. The van der Waals surface area contributed by atoms with E-state index in [2.05, 4.69) is 5.32 Å². The highest BCUT2D eigenvalue weighted by atomic mass is 16.7. The fourth-order valence-electron chi connectivity index (χ4n) is 5.97. The lowest BCUT2D eigenvalue weighted by Gasteiger charge is -2.38. The second-order valence-corrected chi connectivity index (χ2v) is 12.5. The molecular weight excluding hydrogens is 624 g/mol. The average Bonchev–Trinajstić information content (AvgIpc) is 3.10. The summed E-state index contributed by atoms with van der Waals surface area (Å²) in [5.41, 5.74) is 6.22. The van der Waals surface area contributed by atoms with Gasteiger partial charge in [0.15, 0.2) is 6.29 Å². The molecule has 1 heterocycles. The van der Waals surface area contributed by atoms with E-state index in [1.165, 1.54) is 0 Å². The molecule has 0 aromatic heterocycles. The van der Waals surface area contributed by atoms with Crippen LogP contribution in [-0.2, 0) is 32.2 Å². The Balaban J connectivity index is 1.26. The Morgan fingerprint density at radius 1 is 0.878 bits per heavy atom. The van der Waals surface area contributed by atoms with Crippen molar-refractivity contribution < 1.29 is 39.5 Å². The van der Waals surface area contributed by atoms with Gasteiger partial charge in [-0.05, 0) is 65.0 Å². The molecule has 0 saturated carbocycles. The lowest BCUT2D eigenvalue weighted by atomic mass is 9.99. The number of rotatable bonds is 15. The monoisotopic (exact) mass is 668 g/mol. The molecule has 1 fully saturated rings. The number of aliphatic hydroxyl groups excluding tert-OH is 2. The average molecular weight is 669 g/mol. The maximum absolute atomic E-state index is 12.1. The Bertz CT molecular complexity index is 1680. The van der Waals surface area contributed by atoms with Gasteiger partial charge in [-0.3, -0.25) is 9.59 Å². The van der Waals surface area contributed by atoms with Crippen molar-refractivity contribution >= 4 is 11.9 Å². The maximum Gasteiger partial charge on any atom is 0.303 e. The number of phenols is 1. The van der Waals surface area contributed by atoms with Gasteiger partial charge in [0.25, 0.3) is 0 Å². The Labute approximate surface area is 286 Å². The van der Waals surface area contributed by atoms with E-state index in [-0.39, 0.29) is 43.3 Å². The molecule has 258 valence electrons. The van der Waals surface area contributed by atoms with Crippen molar-refractivity contribution in [1.29, 1.82) is 0 Å². The highest BCUT2D eigenvalue weighted by Gasteiger charge is 2.33. The number of aliphatic hydroxyl groups is 2. The quantitative estimate of drug-likeness (QED) is 0.109. The van der Waals surface area contributed by atoms with Gasteiger partial charge in [0.05, 0.1) is 24.9 Å². The number of nitrogens with zero attached hydrogens (tertiary/aromatic N) is 1. The predicted octanol–water partition coefficient (Wildman–Crippen LogP) is 5.63. The first-order valence-electron chi connectivity index (χ1n) is 16.5. The van der Waals surface area contributed by atoms with Crippen LogP contribution in [0.4, 0.5) is 0 Å². The minimum atomic E-state index is -0.910. The molecule has 1 aliphatic heterocycles. The normalized spacial score (nSPS) is 18.2. The minimum Gasteiger partial charge on any atom is -0.508 e. The second-order valence-electron chi connectivity index (χ2n) is 12.5. The summed E-state index contributed by atoms with van der Waals surface area (Å²) in [5, 5.41) is 41.8. The molecule has 1 aliphatic rings. The number of likely N-dealkylation sites (N-methyl/N-ethyl adjacent to an activating group) is 1. The molecule has 1 amide bonds. The Hall–Kier alpha value is -4.58.